The van der Waals surface area contributed by atoms with Crippen LogP contribution in [0.3, 0.4) is 0 Å². The second-order valence-corrected chi connectivity index (χ2v) is 3.39. The second kappa shape index (κ2) is 3.15. The highest BCUT2D eigenvalue weighted by Crippen LogP contribution is 2.27. The first-order valence-electron chi connectivity index (χ1n) is 4.05. The number of nitrogens with one attached hydrogen (secondary N) is 1. The summed E-state index contributed by atoms with van der Waals surface area (Å²) >= 11 is 0. The van der Waals surface area contributed by atoms with E-state index in [9.17, 15) is 5.11 Å². The van der Waals surface area contributed by atoms with Gasteiger partial charge in [0.15, 0.2) is 0 Å². The topological polar surface area (TPSA) is 32.3 Å². The summed E-state index contributed by atoms with van der Waals surface area (Å²) in [5, 5.41) is 12.7. The molecular formula is C10H15NO. The Bertz CT molecular complexity index is 268. The Hall–Kier alpha value is -1.02. The van der Waals surface area contributed by atoms with Crippen molar-refractivity contribution in [3.8, 4) is 5.75 Å². The van der Waals surface area contributed by atoms with Gasteiger partial charge in [-0.3, -0.25) is 0 Å². The van der Waals surface area contributed by atoms with Crippen molar-refractivity contribution < 1.29 is 5.11 Å². The SMILES string of the molecule is CNC(C)(C)c1ccccc1O. The van der Waals surface area contributed by atoms with Gasteiger partial charge in [-0.15, -0.1) is 0 Å². The molecule has 1 aromatic rings. The number of rotatable bonds is 2. The number of hydrogen-bond donors (Lipinski definition) is 2. The van der Waals surface area contributed by atoms with Crippen LogP contribution in [0, 0.1) is 0 Å². The first kappa shape index (κ1) is 9.07. The molecule has 0 spiro atoms. The number of hydrogen-bond acceptors (Lipinski definition) is 2. The molecule has 0 radical (unpaired) electrons. The molecule has 0 aliphatic heterocycles. The fourth-order valence-corrected chi connectivity index (χ4v) is 1.14. The van der Waals surface area contributed by atoms with Crippen molar-refractivity contribution in [2.24, 2.45) is 0 Å². The fourth-order valence-electron chi connectivity index (χ4n) is 1.14. The van der Waals surface area contributed by atoms with Gasteiger partial charge in [-0.05, 0) is 27.0 Å². The van der Waals surface area contributed by atoms with Crippen LogP contribution >= 0.6 is 0 Å². The summed E-state index contributed by atoms with van der Waals surface area (Å²) < 4.78 is 0. The van der Waals surface area contributed by atoms with Gasteiger partial charge in [-0.25, -0.2) is 0 Å². The van der Waals surface area contributed by atoms with E-state index in [0.29, 0.717) is 5.75 Å². The van der Waals surface area contributed by atoms with E-state index in [4.69, 9.17) is 0 Å². The van der Waals surface area contributed by atoms with Crippen molar-refractivity contribution in [3.05, 3.63) is 29.8 Å². The first-order valence-corrected chi connectivity index (χ1v) is 4.05. The molecule has 0 heterocycles. The molecule has 0 aliphatic rings. The van der Waals surface area contributed by atoms with Crippen molar-refractivity contribution in [2.75, 3.05) is 7.05 Å². The third-order valence-electron chi connectivity index (χ3n) is 2.20. The molecule has 0 saturated heterocycles. The molecule has 2 nitrogen and oxygen atoms in total. The van der Waals surface area contributed by atoms with Gasteiger partial charge in [0, 0.05) is 11.1 Å². The Morgan fingerprint density at radius 3 is 2.33 bits per heavy atom. The third kappa shape index (κ3) is 1.59. The zero-order valence-corrected chi connectivity index (χ0v) is 7.76. The average molecular weight is 165 g/mol. The maximum absolute atomic E-state index is 9.54. The van der Waals surface area contributed by atoms with E-state index in [1.54, 1.807) is 6.07 Å². The molecule has 2 N–H and O–H groups in total. The Morgan fingerprint density at radius 1 is 1.25 bits per heavy atom. The monoisotopic (exact) mass is 165 g/mol. The molecule has 0 fully saturated rings. The van der Waals surface area contributed by atoms with Crippen LogP contribution < -0.4 is 5.32 Å². The van der Waals surface area contributed by atoms with Crippen LogP contribution in [0.5, 0.6) is 5.75 Å². The fraction of sp³-hybridized carbons (Fsp3) is 0.400. The van der Waals surface area contributed by atoms with Gasteiger partial charge in [0.1, 0.15) is 5.75 Å². The van der Waals surface area contributed by atoms with E-state index in [1.807, 2.05) is 39.1 Å². The summed E-state index contributed by atoms with van der Waals surface area (Å²) in [4.78, 5) is 0. The maximum Gasteiger partial charge on any atom is 0.120 e. The minimum absolute atomic E-state index is 0.175. The van der Waals surface area contributed by atoms with Gasteiger partial charge >= 0.3 is 0 Å². The zero-order valence-electron chi connectivity index (χ0n) is 7.76. The molecule has 0 amide bonds. The van der Waals surface area contributed by atoms with Crippen LogP contribution in [0.4, 0.5) is 0 Å². The van der Waals surface area contributed by atoms with E-state index >= 15 is 0 Å². The van der Waals surface area contributed by atoms with Crippen LogP contribution in [0.25, 0.3) is 0 Å². The summed E-state index contributed by atoms with van der Waals surface area (Å²) in [5.74, 6) is 0.344. The van der Waals surface area contributed by atoms with Gasteiger partial charge in [0.05, 0.1) is 0 Å². The lowest BCUT2D eigenvalue weighted by Crippen LogP contribution is -2.33. The lowest BCUT2D eigenvalue weighted by molar-refractivity contribution is 0.401. The maximum atomic E-state index is 9.54. The molecule has 12 heavy (non-hydrogen) atoms. The summed E-state index contributed by atoms with van der Waals surface area (Å²) in [6.45, 7) is 4.06. The van der Waals surface area contributed by atoms with E-state index in [1.165, 1.54) is 0 Å². The predicted molar refractivity (Wildman–Crippen MR) is 50.2 cm³/mol. The van der Waals surface area contributed by atoms with Gasteiger partial charge in [-0.1, -0.05) is 18.2 Å². The summed E-state index contributed by atoms with van der Waals surface area (Å²) in [7, 11) is 1.88. The number of benzene rings is 1. The minimum Gasteiger partial charge on any atom is -0.508 e. The number of phenolic OH excluding ortho intramolecular Hbond substituents is 1. The lowest BCUT2D eigenvalue weighted by atomic mass is 9.94. The van der Waals surface area contributed by atoms with Crippen molar-refractivity contribution in [3.63, 3.8) is 0 Å². The molecule has 2 heteroatoms. The first-order chi connectivity index (χ1) is 5.58. The van der Waals surface area contributed by atoms with Crippen molar-refractivity contribution >= 4 is 0 Å². The highest BCUT2D eigenvalue weighted by molar-refractivity contribution is 5.36. The van der Waals surface area contributed by atoms with Crippen LogP contribution in [-0.4, -0.2) is 12.2 Å². The molecule has 0 unspecified atom stereocenters. The Labute approximate surface area is 73.2 Å². The van der Waals surface area contributed by atoms with E-state index in [0.717, 1.165) is 5.56 Å². The van der Waals surface area contributed by atoms with Gasteiger partial charge in [0.2, 0.25) is 0 Å². The van der Waals surface area contributed by atoms with E-state index < -0.39 is 0 Å². The minimum atomic E-state index is -0.175. The zero-order chi connectivity index (χ0) is 9.19. The van der Waals surface area contributed by atoms with Gasteiger partial charge in [-0.2, -0.15) is 0 Å². The number of phenols is 1. The largest absolute Gasteiger partial charge is 0.508 e. The summed E-state index contributed by atoms with van der Waals surface area (Å²) in [6, 6.07) is 7.37. The van der Waals surface area contributed by atoms with Crippen LogP contribution in [-0.2, 0) is 5.54 Å². The third-order valence-corrected chi connectivity index (χ3v) is 2.20. The highest BCUT2D eigenvalue weighted by atomic mass is 16.3. The molecule has 1 rings (SSSR count). The van der Waals surface area contributed by atoms with Crippen LogP contribution in [0.15, 0.2) is 24.3 Å². The Morgan fingerprint density at radius 2 is 1.83 bits per heavy atom. The molecular weight excluding hydrogens is 150 g/mol. The molecule has 0 saturated carbocycles. The second-order valence-electron chi connectivity index (χ2n) is 3.39. The van der Waals surface area contributed by atoms with E-state index in [2.05, 4.69) is 5.32 Å². The standard InChI is InChI=1S/C10H15NO/c1-10(2,11-3)8-6-4-5-7-9(8)12/h4-7,11-12H,1-3H3. The normalized spacial score (nSPS) is 11.6. The molecule has 1 aromatic carbocycles. The van der Waals surface area contributed by atoms with Crippen molar-refractivity contribution in [1.29, 1.82) is 0 Å². The number of para-hydroxylation sites is 1. The highest BCUT2D eigenvalue weighted by Gasteiger charge is 2.20. The van der Waals surface area contributed by atoms with Crippen molar-refractivity contribution in [1.82, 2.24) is 5.32 Å². The molecule has 0 aliphatic carbocycles. The van der Waals surface area contributed by atoms with Gasteiger partial charge < -0.3 is 10.4 Å². The quantitative estimate of drug-likeness (QED) is 0.701. The summed E-state index contributed by atoms with van der Waals surface area (Å²) in [5.41, 5.74) is 0.748. The van der Waals surface area contributed by atoms with Crippen molar-refractivity contribution in [2.45, 2.75) is 19.4 Å². The summed E-state index contributed by atoms with van der Waals surface area (Å²) in [6.07, 6.45) is 0. The van der Waals surface area contributed by atoms with Gasteiger partial charge in [0.25, 0.3) is 0 Å². The molecule has 0 bridgehead atoms. The Kier molecular flexibility index (Phi) is 2.38. The van der Waals surface area contributed by atoms with E-state index in [-0.39, 0.29) is 5.54 Å². The average Bonchev–Trinajstić information content (AvgIpc) is 2.05. The Balaban J connectivity index is 3.10. The van der Waals surface area contributed by atoms with Crippen LogP contribution in [0.1, 0.15) is 19.4 Å². The van der Waals surface area contributed by atoms with Crippen LogP contribution in [0.2, 0.25) is 0 Å². The molecule has 0 aromatic heterocycles. The smallest absolute Gasteiger partial charge is 0.120 e. The number of aromatic hydroxyl groups is 1. The molecule has 66 valence electrons. The lowest BCUT2D eigenvalue weighted by Gasteiger charge is -2.25. The predicted octanol–water partition coefficient (Wildman–Crippen LogP) is 1.85. The molecule has 0 atom stereocenters.